The molecule has 0 amide bonds. The lowest BCUT2D eigenvalue weighted by atomic mass is 9.87. The first-order valence-corrected chi connectivity index (χ1v) is 26.0. The fraction of sp³-hybridized carbons (Fsp3) is 0.288. The van der Waals surface area contributed by atoms with Gasteiger partial charge in [0.2, 0.25) is 0 Å². The first kappa shape index (κ1) is 47.7. The second-order valence-corrected chi connectivity index (χ2v) is 23.4. The first-order chi connectivity index (χ1) is 33.3. The van der Waals surface area contributed by atoms with Crippen molar-refractivity contribution in [2.45, 2.75) is 95.8 Å². The van der Waals surface area contributed by atoms with Crippen molar-refractivity contribution in [2.24, 2.45) is 0 Å². The summed E-state index contributed by atoms with van der Waals surface area (Å²) in [4.78, 5) is 0. The molecule has 0 bridgehead atoms. The van der Waals surface area contributed by atoms with Gasteiger partial charge in [0.25, 0.3) is 8.32 Å². The molecule has 7 nitrogen and oxygen atoms in total. The number of hydrogen-bond acceptors (Lipinski definition) is 7. The van der Waals surface area contributed by atoms with E-state index in [1.54, 1.807) is 0 Å². The van der Waals surface area contributed by atoms with E-state index in [4.69, 9.17) is 44.4 Å². The highest BCUT2D eigenvalue weighted by Gasteiger charge is 2.52. The summed E-state index contributed by atoms with van der Waals surface area (Å²) in [5, 5.41) is 2.69. The summed E-state index contributed by atoms with van der Waals surface area (Å²) in [6.45, 7) is 9.27. The average Bonchev–Trinajstić information content (AvgIpc) is 3.88. The van der Waals surface area contributed by atoms with Gasteiger partial charge in [-0.1, -0.05) is 214 Å². The SMILES string of the molecule is CC(C)(C)[Si](OCc1cc(C2O[C@H](COCc3ccccc3)[C@@H](OCc3ccccc3)[C@H](OCc3ccccc3)[C@H]2OCc2ccccc2)c2c(c1Cl)OCC2)(c1ccccc1)c1ccccc1. The largest absolute Gasteiger partial charge is 0.491 e. The van der Waals surface area contributed by atoms with Gasteiger partial charge in [-0.3, -0.25) is 0 Å². The van der Waals surface area contributed by atoms with Crippen molar-refractivity contribution in [1.82, 2.24) is 0 Å². The molecule has 2 aliphatic rings. The zero-order chi connectivity index (χ0) is 46.8. The van der Waals surface area contributed by atoms with Crippen LogP contribution in [0.2, 0.25) is 10.1 Å². The van der Waals surface area contributed by atoms with Gasteiger partial charge in [-0.05, 0) is 54.9 Å². The Morgan fingerprint density at radius 3 is 1.47 bits per heavy atom. The highest BCUT2D eigenvalue weighted by Crippen LogP contribution is 2.47. The minimum atomic E-state index is -2.96. The summed E-state index contributed by atoms with van der Waals surface area (Å²) < 4.78 is 49.4. The van der Waals surface area contributed by atoms with Gasteiger partial charge in [0.1, 0.15) is 36.3 Å². The maximum Gasteiger partial charge on any atom is 0.261 e. The molecule has 1 fully saturated rings. The molecule has 5 atom stereocenters. The van der Waals surface area contributed by atoms with Crippen molar-refractivity contribution < 1.29 is 32.8 Å². The van der Waals surface area contributed by atoms with Crippen LogP contribution in [0.1, 0.15) is 65.8 Å². The van der Waals surface area contributed by atoms with Gasteiger partial charge in [0.15, 0.2) is 0 Å². The van der Waals surface area contributed by atoms with E-state index in [1.165, 1.54) is 10.4 Å². The maximum absolute atomic E-state index is 7.55. The molecule has 0 aromatic heterocycles. The molecule has 2 aliphatic heterocycles. The van der Waals surface area contributed by atoms with E-state index in [2.05, 4.69) is 136 Å². The minimum Gasteiger partial charge on any atom is -0.491 e. The average molecular weight is 946 g/mol. The minimum absolute atomic E-state index is 0.244. The number of rotatable bonds is 19. The first-order valence-electron chi connectivity index (χ1n) is 23.7. The van der Waals surface area contributed by atoms with Gasteiger partial charge >= 0.3 is 0 Å². The Labute approximate surface area is 408 Å². The second kappa shape index (κ2) is 22.4. The van der Waals surface area contributed by atoms with Crippen molar-refractivity contribution in [3.8, 4) is 5.75 Å². The number of ether oxygens (including phenoxy) is 6. The Bertz CT molecular complexity index is 2590. The van der Waals surface area contributed by atoms with Crippen molar-refractivity contribution in [2.75, 3.05) is 13.2 Å². The third-order valence-electron chi connectivity index (χ3n) is 13.1. The predicted molar refractivity (Wildman–Crippen MR) is 272 cm³/mol. The van der Waals surface area contributed by atoms with E-state index in [9.17, 15) is 0 Å². The second-order valence-electron chi connectivity index (χ2n) is 18.7. The lowest BCUT2D eigenvalue weighted by Crippen LogP contribution is -2.66. The van der Waals surface area contributed by atoms with E-state index in [0.717, 1.165) is 38.9 Å². The summed E-state index contributed by atoms with van der Waals surface area (Å²) >= 11 is 7.48. The molecule has 2 heterocycles. The van der Waals surface area contributed by atoms with Crippen LogP contribution in [0.4, 0.5) is 0 Å². The van der Waals surface area contributed by atoms with Gasteiger partial charge < -0.3 is 32.8 Å². The van der Waals surface area contributed by atoms with E-state index in [1.807, 2.05) is 72.8 Å². The fourth-order valence-electron chi connectivity index (χ4n) is 9.76. The molecule has 0 N–H and O–H groups in total. The lowest BCUT2D eigenvalue weighted by molar-refractivity contribution is -0.275. The molecule has 350 valence electrons. The monoisotopic (exact) mass is 944 g/mol. The van der Waals surface area contributed by atoms with Crippen LogP contribution in [0, 0.1) is 0 Å². The molecule has 68 heavy (non-hydrogen) atoms. The topological polar surface area (TPSA) is 64.6 Å². The highest BCUT2D eigenvalue weighted by atomic mass is 35.5. The Kier molecular flexibility index (Phi) is 15.7. The third kappa shape index (κ3) is 10.9. The highest BCUT2D eigenvalue weighted by molar-refractivity contribution is 6.99. The van der Waals surface area contributed by atoms with E-state index < -0.39 is 38.8 Å². The molecule has 0 aliphatic carbocycles. The summed E-state index contributed by atoms with van der Waals surface area (Å²) in [5.41, 5.74) is 6.94. The number of hydrogen-bond donors (Lipinski definition) is 0. The van der Waals surface area contributed by atoms with Crippen LogP contribution in [-0.4, -0.2) is 45.9 Å². The Morgan fingerprint density at radius 2 is 0.985 bits per heavy atom. The fourth-order valence-corrected chi connectivity index (χ4v) is 14.6. The van der Waals surface area contributed by atoms with Gasteiger partial charge in [-0.2, -0.15) is 0 Å². The zero-order valence-corrected chi connectivity index (χ0v) is 40.9. The summed E-state index contributed by atoms with van der Waals surface area (Å²) in [7, 11) is -2.96. The number of benzene rings is 7. The molecule has 1 unspecified atom stereocenters. The zero-order valence-electron chi connectivity index (χ0n) is 39.2. The molecule has 0 spiro atoms. The summed E-state index contributed by atoms with van der Waals surface area (Å²) in [6.07, 6.45) is -2.36. The Morgan fingerprint density at radius 1 is 0.544 bits per heavy atom. The van der Waals surface area contributed by atoms with Gasteiger partial charge in [-0.15, -0.1) is 0 Å². The van der Waals surface area contributed by atoms with E-state index in [0.29, 0.717) is 50.2 Å². The van der Waals surface area contributed by atoms with Crippen LogP contribution in [-0.2, 0) is 67.6 Å². The molecule has 9 rings (SSSR count). The molecular formula is C59H61ClO7Si. The lowest BCUT2D eigenvalue weighted by Gasteiger charge is -2.47. The maximum atomic E-state index is 7.55. The normalized spacial score (nSPS) is 19.3. The number of fused-ring (bicyclic) bond motifs is 1. The van der Waals surface area contributed by atoms with E-state index in [-0.39, 0.29) is 18.3 Å². The van der Waals surface area contributed by atoms with Crippen LogP contribution < -0.4 is 15.1 Å². The standard InChI is InChI=1S/C59H61ClO7Si/c1-59(2,3)68(48-30-18-8-19-31-48,49-32-20-9-21-33-49)66-41-47-36-51(50-34-35-62-54(50)53(47)60)55-57(64-39-45-26-14-6-15-27-45)58(65-40-46-28-16-7-17-29-46)56(63-38-44-24-12-5-13-25-44)52(67-55)42-61-37-43-22-10-4-11-23-43/h4-33,36,52,55-58H,34-35,37-42H2,1-3H3/t52-,55?,56-,57+,58+/m1/s1. The smallest absolute Gasteiger partial charge is 0.261 e. The van der Waals surface area contributed by atoms with Crippen molar-refractivity contribution in [3.05, 3.63) is 232 Å². The van der Waals surface area contributed by atoms with Crippen molar-refractivity contribution in [3.63, 3.8) is 0 Å². The number of halogens is 1. The third-order valence-corrected chi connectivity index (χ3v) is 18.5. The van der Waals surface area contributed by atoms with Crippen molar-refractivity contribution in [1.29, 1.82) is 0 Å². The Balaban J connectivity index is 1.15. The Hall–Kier alpha value is -5.39. The molecule has 7 aromatic rings. The van der Waals surface area contributed by atoms with Crippen LogP contribution >= 0.6 is 11.6 Å². The molecule has 9 heteroatoms. The van der Waals surface area contributed by atoms with Crippen LogP contribution in [0.3, 0.4) is 0 Å². The predicted octanol–water partition coefficient (Wildman–Crippen LogP) is 11.8. The van der Waals surface area contributed by atoms with Crippen LogP contribution in [0.25, 0.3) is 0 Å². The van der Waals surface area contributed by atoms with Gasteiger partial charge in [0, 0.05) is 12.0 Å². The summed E-state index contributed by atoms with van der Waals surface area (Å²) in [5.74, 6) is 0.664. The van der Waals surface area contributed by atoms with Gasteiger partial charge in [0.05, 0.1) is 51.3 Å². The molecule has 0 saturated carbocycles. The van der Waals surface area contributed by atoms with Crippen LogP contribution in [0.5, 0.6) is 5.75 Å². The van der Waals surface area contributed by atoms with E-state index >= 15 is 0 Å². The summed E-state index contributed by atoms with van der Waals surface area (Å²) in [6, 6.07) is 64.5. The van der Waals surface area contributed by atoms with Gasteiger partial charge in [-0.25, -0.2) is 0 Å². The van der Waals surface area contributed by atoms with Crippen LogP contribution in [0.15, 0.2) is 188 Å². The molecular weight excluding hydrogens is 884 g/mol. The molecule has 7 aromatic carbocycles. The molecule has 0 radical (unpaired) electrons. The van der Waals surface area contributed by atoms with Crippen molar-refractivity contribution >= 4 is 30.3 Å². The quantitative estimate of drug-likeness (QED) is 0.0748. The molecule has 1 saturated heterocycles.